The molecule has 0 aliphatic carbocycles. The van der Waals surface area contributed by atoms with E-state index in [2.05, 4.69) is 50.0 Å². The number of methoxy groups -OCH3 is 1. The summed E-state index contributed by atoms with van der Waals surface area (Å²) in [6, 6.07) is 10.2. The number of rotatable bonds is 1. The van der Waals surface area contributed by atoms with Gasteiger partial charge >= 0.3 is 0 Å². The molecule has 0 bridgehead atoms. The van der Waals surface area contributed by atoms with Crippen LogP contribution in [-0.2, 0) is 4.74 Å². The van der Waals surface area contributed by atoms with Crippen LogP contribution in [0.2, 0.25) is 0 Å². The number of ether oxygens (including phenoxy) is 1. The van der Waals surface area contributed by atoms with Crippen molar-refractivity contribution in [3.05, 3.63) is 53.6 Å². The highest BCUT2D eigenvalue weighted by Gasteiger charge is 2.18. The molecule has 0 radical (unpaired) electrons. The fourth-order valence-electron chi connectivity index (χ4n) is 2.02. The highest BCUT2D eigenvalue weighted by molar-refractivity contribution is 5.86. The Bertz CT molecular complexity index is 530. The first-order chi connectivity index (χ1) is 9.00. The average Bonchev–Trinajstić information content (AvgIpc) is 2.61. The molecule has 1 heterocycles. The minimum atomic E-state index is 0.110. The topological polar surface area (TPSA) is 21.6 Å². The summed E-state index contributed by atoms with van der Waals surface area (Å²) in [4.78, 5) is 4.63. The van der Waals surface area contributed by atoms with Crippen molar-refractivity contribution in [2.45, 2.75) is 27.2 Å². The second-order valence-electron chi connectivity index (χ2n) is 5.72. The Labute approximate surface area is 115 Å². The molecule has 19 heavy (non-hydrogen) atoms. The molecule has 2 heteroatoms. The molecule has 0 unspecified atom stereocenters. The molecule has 0 saturated carbocycles. The van der Waals surface area contributed by atoms with Crippen LogP contribution in [0.4, 0.5) is 0 Å². The minimum absolute atomic E-state index is 0.110. The van der Waals surface area contributed by atoms with Crippen LogP contribution in [0.5, 0.6) is 0 Å². The highest BCUT2D eigenvalue weighted by Crippen LogP contribution is 2.32. The van der Waals surface area contributed by atoms with Gasteiger partial charge in [-0.2, -0.15) is 0 Å². The molecule has 0 N–H and O–H groups in total. The van der Waals surface area contributed by atoms with E-state index in [4.69, 9.17) is 4.74 Å². The Morgan fingerprint density at radius 1 is 1.11 bits per heavy atom. The molecule has 2 rings (SSSR count). The molecule has 1 aromatic rings. The lowest BCUT2D eigenvalue weighted by molar-refractivity contribution is 0.395. The molecule has 0 amide bonds. The Balaban J connectivity index is 2.48. The van der Waals surface area contributed by atoms with E-state index in [1.807, 2.05) is 18.2 Å². The zero-order valence-corrected chi connectivity index (χ0v) is 12.1. The lowest BCUT2D eigenvalue weighted by Crippen LogP contribution is -2.08. The van der Waals surface area contributed by atoms with Crippen LogP contribution in [0.3, 0.4) is 0 Å². The summed E-state index contributed by atoms with van der Waals surface area (Å²) in [5.41, 5.74) is 3.49. The standard InChI is InChI=1S/C17H21NO/c1-17(2,3)14-10-11-16(19-4)18-15(12-14)13-8-6-5-7-9-13/h5-10,12H,11H2,1-4H3. The van der Waals surface area contributed by atoms with E-state index in [0.29, 0.717) is 0 Å². The third kappa shape index (κ3) is 3.34. The van der Waals surface area contributed by atoms with Crippen molar-refractivity contribution in [3.8, 4) is 0 Å². The number of allylic oxidation sites excluding steroid dienone is 2. The quantitative estimate of drug-likeness (QED) is 0.726. The third-order valence-corrected chi connectivity index (χ3v) is 3.21. The first-order valence-corrected chi connectivity index (χ1v) is 6.60. The smallest absolute Gasteiger partial charge is 0.192 e. The number of benzene rings is 1. The molecule has 2 nitrogen and oxygen atoms in total. The van der Waals surface area contributed by atoms with Crippen molar-refractivity contribution >= 4 is 11.6 Å². The maximum atomic E-state index is 5.35. The lowest BCUT2D eigenvalue weighted by atomic mass is 9.85. The molecule has 0 aromatic heterocycles. The summed E-state index contributed by atoms with van der Waals surface area (Å²) in [5.74, 6) is 0.759. The van der Waals surface area contributed by atoms with E-state index >= 15 is 0 Å². The Hall–Kier alpha value is -1.83. The summed E-state index contributed by atoms with van der Waals surface area (Å²) < 4.78 is 5.35. The van der Waals surface area contributed by atoms with Crippen LogP contribution in [-0.4, -0.2) is 13.0 Å². The summed E-state index contributed by atoms with van der Waals surface area (Å²) in [5, 5.41) is 0. The monoisotopic (exact) mass is 255 g/mol. The second-order valence-corrected chi connectivity index (χ2v) is 5.72. The predicted molar refractivity (Wildman–Crippen MR) is 81.0 cm³/mol. The summed E-state index contributed by atoms with van der Waals surface area (Å²) in [6.45, 7) is 6.65. The van der Waals surface area contributed by atoms with Gasteiger partial charge in [0, 0.05) is 12.0 Å². The SMILES string of the molecule is COC1=NC(c2ccccc2)=CC(C(C)(C)C)=CC1. The van der Waals surface area contributed by atoms with Gasteiger partial charge in [-0.3, -0.25) is 0 Å². The van der Waals surface area contributed by atoms with Crippen LogP contribution >= 0.6 is 0 Å². The van der Waals surface area contributed by atoms with Gasteiger partial charge in [-0.25, -0.2) is 4.99 Å². The fourth-order valence-corrected chi connectivity index (χ4v) is 2.02. The molecular formula is C17H21NO. The van der Waals surface area contributed by atoms with Gasteiger partial charge in [0.25, 0.3) is 0 Å². The average molecular weight is 255 g/mol. The van der Waals surface area contributed by atoms with Crippen LogP contribution in [0.1, 0.15) is 32.8 Å². The van der Waals surface area contributed by atoms with E-state index in [0.717, 1.165) is 23.6 Å². The fraction of sp³-hybridized carbons (Fsp3) is 0.353. The van der Waals surface area contributed by atoms with Crippen LogP contribution in [0, 0.1) is 5.41 Å². The second kappa shape index (κ2) is 5.43. The molecule has 1 aliphatic rings. The van der Waals surface area contributed by atoms with Crippen molar-refractivity contribution in [1.29, 1.82) is 0 Å². The van der Waals surface area contributed by atoms with Crippen LogP contribution < -0.4 is 0 Å². The molecule has 1 aliphatic heterocycles. The van der Waals surface area contributed by atoms with Gasteiger partial charge in [0.1, 0.15) is 0 Å². The Morgan fingerprint density at radius 3 is 2.37 bits per heavy atom. The van der Waals surface area contributed by atoms with Gasteiger partial charge in [-0.15, -0.1) is 0 Å². The number of aliphatic imine (C=N–C) groups is 1. The highest BCUT2D eigenvalue weighted by atomic mass is 16.5. The zero-order chi connectivity index (χ0) is 13.9. The van der Waals surface area contributed by atoms with Crippen molar-refractivity contribution < 1.29 is 4.74 Å². The van der Waals surface area contributed by atoms with Crippen molar-refractivity contribution in [3.63, 3.8) is 0 Å². The summed E-state index contributed by atoms with van der Waals surface area (Å²) in [7, 11) is 1.68. The van der Waals surface area contributed by atoms with Gasteiger partial charge in [-0.05, 0) is 17.1 Å². The van der Waals surface area contributed by atoms with E-state index in [1.165, 1.54) is 5.57 Å². The number of hydrogen-bond donors (Lipinski definition) is 0. The van der Waals surface area contributed by atoms with E-state index in [1.54, 1.807) is 7.11 Å². The molecule has 0 saturated heterocycles. The third-order valence-electron chi connectivity index (χ3n) is 3.21. The van der Waals surface area contributed by atoms with Gasteiger partial charge in [-0.1, -0.05) is 57.2 Å². The number of nitrogens with zero attached hydrogens (tertiary/aromatic N) is 1. The first kappa shape index (κ1) is 13.6. The maximum absolute atomic E-state index is 5.35. The van der Waals surface area contributed by atoms with Crippen molar-refractivity contribution in [1.82, 2.24) is 0 Å². The normalized spacial score (nSPS) is 16.1. The predicted octanol–water partition coefficient (Wildman–Crippen LogP) is 4.45. The minimum Gasteiger partial charge on any atom is -0.484 e. The zero-order valence-electron chi connectivity index (χ0n) is 12.1. The van der Waals surface area contributed by atoms with Gasteiger partial charge in [0.05, 0.1) is 12.8 Å². The van der Waals surface area contributed by atoms with Crippen LogP contribution in [0.15, 0.2) is 53.0 Å². The van der Waals surface area contributed by atoms with Gasteiger partial charge in [0.15, 0.2) is 5.90 Å². The first-order valence-electron chi connectivity index (χ1n) is 6.60. The Morgan fingerprint density at radius 2 is 1.79 bits per heavy atom. The van der Waals surface area contributed by atoms with Gasteiger partial charge in [0.2, 0.25) is 0 Å². The van der Waals surface area contributed by atoms with Crippen molar-refractivity contribution in [2.24, 2.45) is 10.4 Å². The number of hydrogen-bond acceptors (Lipinski definition) is 2. The molecule has 0 atom stereocenters. The molecule has 100 valence electrons. The van der Waals surface area contributed by atoms with Crippen molar-refractivity contribution in [2.75, 3.05) is 7.11 Å². The lowest BCUT2D eigenvalue weighted by Gasteiger charge is -2.20. The van der Waals surface area contributed by atoms with Crippen LogP contribution in [0.25, 0.3) is 5.70 Å². The van der Waals surface area contributed by atoms with E-state index in [-0.39, 0.29) is 5.41 Å². The van der Waals surface area contributed by atoms with E-state index in [9.17, 15) is 0 Å². The van der Waals surface area contributed by atoms with E-state index < -0.39 is 0 Å². The van der Waals surface area contributed by atoms with Gasteiger partial charge < -0.3 is 4.74 Å². The molecular weight excluding hydrogens is 234 g/mol. The molecule has 0 spiro atoms. The summed E-state index contributed by atoms with van der Waals surface area (Å²) in [6.07, 6.45) is 5.12. The Kier molecular flexibility index (Phi) is 3.89. The summed E-state index contributed by atoms with van der Waals surface area (Å²) >= 11 is 0. The maximum Gasteiger partial charge on any atom is 0.192 e. The molecule has 1 aromatic carbocycles. The largest absolute Gasteiger partial charge is 0.484 e. The molecule has 0 fully saturated rings.